The molecule has 1 N–H and O–H groups in total. The van der Waals surface area contributed by atoms with Gasteiger partial charge in [-0.3, -0.25) is 0 Å². The molecule has 4 heteroatoms. The van der Waals surface area contributed by atoms with Gasteiger partial charge < -0.3 is 10.1 Å². The highest BCUT2D eigenvalue weighted by Gasteiger charge is 2.25. The second kappa shape index (κ2) is 6.14. The van der Waals surface area contributed by atoms with Crippen LogP contribution in [0, 0.1) is 0 Å². The van der Waals surface area contributed by atoms with Crippen molar-refractivity contribution in [2.24, 2.45) is 0 Å². The first-order valence-corrected chi connectivity index (χ1v) is 6.86. The summed E-state index contributed by atoms with van der Waals surface area (Å²) in [5, 5.41) is 3.34. The minimum absolute atomic E-state index is 0.235. The summed E-state index contributed by atoms with van der Waals surface area (Å²) in [7, 11) is 2.01. The van der Waals surface area contributed by atoms with Crippen LogP contribution in [0.1, 0.15) is 51.1 Å². The molecule has 1 aromatic heterocycles. The monoisotopic (exact) mass is 249 g/mol. The van der Waals surface area contributed by atoms with E-state index in [1.165, 1.54) is 19.3 Å². The molecule has 1 heterocycles. The number of hydrogen-bond acceptors (Lipinski definition) is 4. The average molecular weight is 249 g/mol. The van der Waals surface area contributed by atoms with E-state index in [2.05, 4.69) is 29.1 Å². The normalized spacial score (nSPS) is 24.2. The van der Waals surface area contributed by atoms with Gasteiger partial charge in [0, 0.05) is 12.1 Å². The molecule has 1 aliphatic rings. The van der Waals surface area contributed by atoms with Crippen molar-refractivity contribution in [1.82, 2.24) is 15.3 Å². The number of nitrogens with zero attached hydrogens (tertiary/aromatic N) is 2. The fraction of sp³-hybridized carbons (Fsp3) is 0.714. The van der Waals surface area contributed by atoms with Crippen LogP contribution in [0.5, 0.6) is 5.88 Å². The van der Waals surface area contributed by atoms with Gasteiger partial charge in [0.05, 0.1) is 5.69 Å². The zero-order chi connectivity index (χ0) is 13.0. The van der Waals surface area contributed by atoms with Crippen LogP contribution in [0.4, 0.5) is 0 Å². The lowest BCUT2D eigenvalue weighted by atomic mass is 9.92. The number of rotatable bonds is 4. The van der Waals surface area contributed by atoms with E-state index in [1.807, 2.05) is 13.1 Å². The first-order valence-electron chi connectivity index (χ1n) is 6.86. The van der Waals surface area contributed by atoms with E-state index in [0.717, 1.165) is 12.1 Å². The fourth-order valence-corrected chi connectivity index (χ4v) is 2.46. The van der Waals surface area contributed by atoms with Crippen molar-refractivity contribution in [3.8, 4) is 5.88 Å². The predicted molar refractivity (Wildman–Crippen MR) is 71.9 cm³/mol. The largest absolute Gasteiger partial charge is 0.473 e. The van der Waals surface area contributed by atoms with Gasteiger partial charge in [-0.2, -0.15) is 0 Å². The van der Waals surface area contributed by atoms with Gasteiger partial charge in [-0.15, -0.1) is 0 Å². The molecule has 2 unspecified atom stereocenters. The molecule has 100 valence electrons. The summed E-state index contributed by atoms with van der Waals surface area (Å²) < 4.78 is 6.04. The summed E-state index contributed by atoms with van der Waals surface area (Å²) in [6, 6.07) is 2.41. The van der Waals surface area contributed by atoms with Crippen LogP contribution in [0.25, 0.3) is 0 Å². The quantitative estimate of drug-likeness (QED) is 0.890. The highest BCUT2D eigenvalue weighted by molar-refractivity contribution is 5.16. The zero-order valence-electron chi connectivity index (χ0n) is 11.5. The van der Waals surface area contributed by atoms with Crippen LogP contribution >= 0.6 is 0 Å². The predicted octanol–water partition coefficient (Wildman–Crippen LogP) is 2.51. The van der Waals surface area contributed by atoms with Crippen LogP contribution in [0.2, 0.25) is 0 Å². The van der Waals surface area contributed by atoms with Gasteiger partial charge in [0.2, 0.25) is 5.88 Å². The molecular formula is C14H23N3O. The van der Waals surface area contributed by atoms with Gasteiger partial charge in [0.1, 0.15) is 12.4 Å². The first-order chi connectivity index (χ1) is 8.70. The Morgan fingerprint density at radius 1 is 1.28 bits per heavy atom. The summed E-state index contributed by atoms with van der Waals surface area (Å²) >= 11 is 0. The molecular weight excluding hydrogens is 226 g/mol. The fourth-order valence-electron chi connectivity index (χ4n) is 2.46. The molecule has 1 fully saturated rings. The minimum atomic E-state index is 0.235. The molecule has 1 aromatic rings. The van der Waals surface area contributed by atoms with E-state index < -0.39 is 0 Å². The van der Waals surface area contributed by atoms with Gasteiger partial charge in [0.25, 0.3) is 0 Å². The Morgan fingerprint density at radius 3 is 2.78 bits per heavy atom. The van der Waals surface area contributed by atoms with E-state index in [0.29, 0.717) is 17.8 Å². The second-order valence-electron chi connectivity index (χ2n) is 5.27. The van der Waals surface area contributed by atoms with E-state index >= 15 is 0 Å². The summed E-state index contributed by atoms with van der Waals surface area (Å²) in [4.78, 5) is 8.49. The standard InChI is InChI=1S/C14H23N3O/c1-10(2)12-8-14(17-9-16-12)18-13-7-5-4-6-11(13)15-3/h8-11,13,15H,4-7H2,1-3H3. The third-order valence-electron chi connectivity index (χ3n) is 3.60. The summed E-state index contributed by atoms with van der Waals surface area (Å²) in [6.07, 6.45) is 6.65. The molecule has 0 aromatic carbocycles. The van der Waals surface area contributed by atoms with Crippen molar-refractivity contribution < 1.29 is 4.74 Å². The average Bonchev–Trinajstić information content (AvgIpc) is 2.39. The van der Waals surface area contributed by atoms with E-state index in [-0.39, 0.29) is 6.10 Å². The molecule has 0 aliphatic heterocycles. The Bertz CT molecular complexity index is 381. The van der Waals surface area contributed by atoms with Gasteiger partial charge in [-0.25, -0.2) is 9.97 Å². The van der Waals surface area contributed by atoms with Crippen molar-refractivity contribution in [2.75, 3.05) is 7.05 Å². The molecule has 1 aliphatic carbocycles. The van der Waals surface area contributed by atoms with Crippen LogP contribution in [-0.4, -0.2) is 29.2 Å². The Hall–Kier alpha value is -1.16. The zero-order valence-corrected chi connectivity index (χ0v) is 11.5. The lowest BCUT2D eigenvalue weighted by Gasteiger charge is -2.31. The Morgan fingerprint density at radius 2 is 2.06 bits per heavy atom. The number of likely N-dealkylation sites (N-methyl/N-ethyl adjacent to an activating group) is 1. The molecule has 0 spiro atoms. The van der Waals surface area contributed by atoms with Crippen molar-refractivity contribution in [3.63, 3.8) is 0 Å². The smallest absolute Gasteiger partial charge is 0.216 e. The molecule has 1 saturated carbocycles. The van der Waals surface area contributed by atoms with Crippen LogP contribution in [-0.2, 0) is 0 Å². The highest BCUT2D eigenvalue weighted by Crippen LogP contribution is 2.23. The van der Waals surface area contributed by atoms with Crippen molar-refractivity contribution in [2.45, 2.75) is 57.6 Å². The van der Waals surface area contributed by atoms with Crippen LogP contribution in [0.3, 0.4) is 0 Å². The number of aromatic nitrogens is 2. The maximum atomic E-state index is 6.04. The molecule has 0 saturated heterocycles. The van der Waals surface area contributed by atoms with Crippen LogP contribution < -0.4 is 10.1 Å². The first kappa shape index (κ1) is 13.3. The number of ether oxygens (including phenoxy) is 1. The SMILES string of the molecule is CNC1CCCCC1Oc1cc(C(C)C)ncn1. The summed E-state index contributed by atoms with van der Waals surface area (Å²) in [5.41, 5.74) is 1.04. The molecule has 2 atom stereocenters. The van der Waals surface area contributed by atoms with Gasteiger partial charge >= 0.3 is 0 Å². The van der Waals surface area contributed by atoms with Gasteiger partial charge in [-0.05, 0) is 32.2 Å². The molecule has 2 rings (SSSR count). The molecule has 0 amide bonds. The molecule has 0 bridgehead atoms. The van der Waals surface area contributed by atoms with Gasteiger partial charge in [0.15, 0.2) is 0 Å². The maximum absolute atomic E-state index is 6.04. The number of hydrogen-bond donors (Lipinski definition) is 1. The van der Waals surface area contributed by atoms with E-state index in [1.54, 1.807) is 6.33 Å². The molecule has 0 radical (unpaired) electrons. The summed E-state index contributed by atoms with van der Waals surface area (Å²) in [5.74, 6) is 1.11. The molecule has 18 heavy (non-hydrogen) atoms. The lowest BCUT2D eigenvalue weighted by molar-refractivity contribution is 0.112. The third-order valence-corrected chi connectivity index (χ3v) is 3.60. The van der Waals surface area contributed by atoms with Crippen molar-refractivity contribution in [3.05, 3.63) is 18.1 Å². The Labute approximate surface area is 109 Å². The molecule has 4 nitrogen and oxygen atoms in total. The third kappa shape index (κ3) is 3.19. The topological polar surface area (TPSA) is 47.0 Å². The lowest BCUT2D eigenvalue weighted by Crippen LogP contribution is -2.43. The second-order valence-corrected chi connectivity index (χ2v) is 5.27. The van der Waals surface area contributed by atoms with E-state index in [9.17, 15) is 0 Å². The minimum Gasteiger partial charge on any atom is -0.473 e. The number of nitrogens with one attached hydrogen (secondary N) is 1. The van der Waals surface area contributed by atoms with Crippen molar-refractivity contribution >= 4 is 0 Å². The van der Waals surface area contributed by atoms with Crippen LogP contribution in [0.15, 0.2) is 12.4 Å². The summed E-state index contributed by atoms with van der Waals surface area (Å²) in [6.45, 7) is 4.26. The van der Waals surface area contributed by atoms with Gasteiger partial charge in [-0.1, -0.05) is 20.3 Å². The Kier molecular flexibility index (Phi) is 4.53. The van der Waals surface area contributed by atoms with Crippen molar-refractivity contribution in [1.29, 1.82) is 0 Å². The maximum Gasteiger partial charge on any atom is 0.216 e. The highest BCUT2D eigenvalue weighted by atomic mass is 16.5. The Balaban J connectivity index is 2.05. The van der Waals surface area contributed by atoms with E-state index in [4.69, 9.17) is 4.74 Å².